The summed E-state index contributed by atoms with van der Waals surface area (Å²) in [5.74, 6) is -0.453. The number of fused-ring (bicyclic) bond motifs is 1. The van der Waals surface area contributed by atoms with Crippen molar-refractivity contribution in [3.63, 3.8) is 0 Å². The van der Waals surface area contributed by atoms with Crippen LogP contribution in [0.3, 0.4) is 0 Å². The zero-order chi connectivity index (χ0) is 16.2. The second kappa shape index (κ2) is 6.46. The molecule has 0 atom stereocenters. The van der Waals surface area contributed by atoms with Crippen molar-refractivity contribution in [2.24, 2.45) is 5.73 Å². The number of aromatic amines is 1. The minimum Gasteiger partial charge on any atom is -0.366 e. The molecule has 0 aliphatic rings. The second-order valence-corrected chi connectivity index (χ2v) is 5.26. The number of amides is 1. The van der Waals surface area contributed by atoms with E-state index in [2.05, 4.69) is 15.3 Å². The van der Waals surface area contributed by atoms with Crippen LogP contribution in [-0.2, 0) is 11.3 Å². The Morgan fingerprint density at radius 3 is 2.74 bits per heavy atom. The fourth-order valence-corrected chi connectivity index (χ4v) is 2.54. The number of carbonyl (C=O) groups is 1. The summed E-state index contributed by atoms with van der Waals surface area (Å²) in [6.07, 6.45) is 3.64. The third-order valence-electron chi connectivity index (χ3n) is 3.64. The summed E-state index contributed by atoms with van der Waals surface area (Å²) in [4.78, 5) is 19.5. The standard InChI is InChI=1S/C18H18N4O/c1-20-11-14-7-8-15-13(10-21-18(15)22-14)9-16(17(19)23)12-5-3-2-4-6-12/h2-10,20H,11H2,1H3,(H2,19,23)(H,21,22). The lowest BCUT2D eigenvalue weighted by Gasteiger charge is -2.03. The van der Waals surface area contributed by atoms with E-state index < -0.39 is 5.91 Å². The maximum absolute atomic E-state index is 11.8. The van der Waals surface area contributed by atoms with E-state index in [0.717, 1.165) is 27.9 Å². The smallest absolute Gasteiger partial charge is 0.249 e. The first kappa shape index (κ1) is 15.0. The number of rotatable bonds is 5. The monoisotopic (exact) mass is 306 g/mol. The van der Waals surface area contributed by atoms with Gasteiger partial charge < -0.3 is 16.0 Å². The highest BCUT2D eigenvalue weighted by Crippen LogP contribution is 2.23. The van der Waals surface area contributed by atoms with E-state index in [-0.39, 0.29) is 0 Å². The molecule has 0 aliphatic carbocycles. The van der Waals surface area contributed by atoms with Crippen LogP contribution < -0.4 is 11.1 Å². The molecule has 0 radical (unpaired) electrons. The quantitative estimate of drug-likeness (QED) is 0.632. The highest BCUT2D eigenvalue weighted by atomic mass is 16.1. The van der Waals surface area contributed by atoms with E-state index >= 15 is 0 Å². The Morgan fingerprint density at radius 2 is 2.04 bits per heavy atom. The number of aromatic nitrogens is 2. The predicted octanol–water partition coefficient (Wildman–Crippen LogP) is 2.31. The molecule has 0 saturated carbocycles. The maximum Gasteiger partial charge on any atom is 0.249 e. The van der Waals surface area contributed by atoms with Gasteiger partial charge in [-0.05, 0) is 30.8 Å². The van der Waals surface area contributed by atoms with Crippen LogP contribution >= 0.6 is 0 Å². The lowest BCUT2D eigenvalue weighted by atomic mass is 10.0. The second-order valence-electron chi connectivity index (χ2n) is 5.26. The number of benzene rings is 1. The Balaban J connectivity index is 2.06. The lowest BCUT2D eigenvalue weighted by Crippen LogP contribution is -2.12. The molecule has 5 nitrogen and oxygen atoms in total. The molecule has 2 heterocycles. The molecule has 2 aromatic heterocycles. The third-order valence-corrected chi connectivity index (χ3v) is 3.64. The predicted molar refractivity (Wildman–Crippen MR) is 92.4 cm³/mol. The van der Waals surface area contributed by atoms with Crippen molar-refractivity contribution < 1.29 is 4.79 Å². The highest BCUT2D eigenvalue weighted by Gasteiger charge is 2.10. The zero-order valence-electron chi connectivity index (χ0n) is 12.8. The molecule has 3 aromatic rings. The molecule has 3 rings (SSSR count). The first-order valence-electron chi connectivity index (χ1n) is 7.37. The van der Waals surface area contributed by atoms with Crippen molar-refractivity contribution in [2.75, 3.05) is 7.05 Å². The van der Waals surface area contributed by atoms with Crippen LogP contribution in [0.25, 0.3) is 22.7 Å². The van der Waals surface area contributed by atoms with Crippen LogP contribution in [0.4, 0.5) is 0 Å². The largest absolute Gasteiger partial charge is 0.366 e. The fourth-order valence-electron chi connectivity index (χ4n) is 2.54. The van der Waals surface area contributed by atoms with E-state index in [9.17, 15) is 4.79 Å². The zero-order valence-corrected chi connectivity index (χ0v) is 12.8. The molecule has 0 unspecified atom stereocenters. The van der Waals surface area contributed by atoms with Crippen molar-refractivity contribution in [1.82, 2.24) is 15.3 Å². The van der Waals surface area contributed by atoms with E-state index in [4.69, 9.17) is 5.73 Å². The number of pyridine rings is 1. The molecular weight excluding hydrogens is 288 g/mol. The van der Waals surface area contributed by atoms with Crippen molar-refractivity contribution in [2.45, 2.75) is 6.54 Å². The van der Waals surface area contributed by atoms with E-state index in [1.54, 1.807) is 6.08 Å². The molecule has 0 aliphatic heterocycles. The summed E-state index contributed by atoms with van der Waals surface area (Å²) >= 11 is 0. The number of nitrogens with zero attached hydrogens (tertiary/aromatic N) is 1. The molecule has 0 saturated heterocycles. The Morgan fingerprint density at radius 1 is 1.26 bits per heavy atom. The average Bonchev–Trinajstić information content (AvgIpc) is 2.95. The molecular formula is C18H18N4O. The lowest BCUT2D eigenvalue weighted by molar-refractivity contribution is -0.112. The number of primary amides is 1. The van der Waals surface area contributed by atoms with Crippen molar-refractivity contribution >= 4 is 28.6 Å². The summed E-state index contributed by atoms with van der Waals surface area (Å²) in [5.41, 5.74) is 9.47. The number of H-pyrrole nitrogens is 1. The summed E-state index contributed by atoms with van der Waals surface area (Å²) in [7, 11) is 1.88. The molecule has 1 amide bonds. The van der Waals surface area contributed by atoms with Crippen LogP contribution in [0.1, 0.15) is 16.8 Å². The van der Waals surface area contributed by atoms with Crippen LogP contribution in [0.5, 0.6) is 0 Å². The summed E-state index contributed by atoms with van der Waals surface area (Å²) in [6, 6.07) is 13.4. The minimum absolute atomic E-state index is 0.453. The van der Waals surface area contributed by atoms with Crippen LogP contribution in [-0.4, -0.2) is 22.9 Å². The summed E-state index contributed by atoms with van der Waals surface area (Å²) in [5, 5.41) is 4.03. The van der Waals surface area contributed by atoms with Gasteiger partial charge in [-0.15, -0.1) is 0 Å². The van der Waals surface area contributed by atoms with Gasteiger partial charge in [0.25, 0.3) is 0 Å². The maximum atomic E-state index is 11.8. The first-order valence-corrected chi connectivity index (χ1v) is 7.37. The van der Waals surface area contributed by atoms with Gasteiger partial charge in [0.05, 0.1) is 5.69 Å². The number of nitrogens with two attached hydrogens (primary N) is 1. The topological polar surface area (TPSA) is 83.8 Å². The third kappa shape index (κ3) is 3.14. The van der Waals surface area contributed by atoms with Crippen molar-refractivity contribution in [1.29, 1.82) is 0 Å². The number of carbonyl (C=O) groups excluding carboxylic acids is 1. The van der Waals surface area contributed by atoms with Gasteiger partial charge >= 0.3 is 0 Å². The Labute approximate surface area is 134 Å². The molecule has 1 aromatic carbocycles. The molecule has 0 bridgehead atoms. The van der Waals surface area contributed by atoms with Gasteiger partial charge in [-0.25, -0.2) is 4.98 Å². The van der Waals surface area contributed by atoms with Gasteiger partial charge in [0.15, 0.2) is 0 Å². The SMILES string of the molecule is CNCc1ccc2c(C=C(C(N)=O)c3ccccc3)c[nH]c2n1. The van der Waals surface area contributed by atoms with Gasteiger partial charge in [0.1, 0.15) is 5.65 Å². The van der Waals surface area contributed by atoms with E-state index in [1.807, 2.05) is 55.7 Å². The summed E-state index contributed by atoms with van der Waals surface area (Å²) in [6.45, 7) is 0.705. The molecule has 23 heavy (non-hydrogen) atoms. The Bertz CT molecular complexity index is 865. The van der Waals surface area contributed by atoms with E-state index in [1.165, 1.54) is 0 Å². The number of nitrogens with one attached hydrogen (secondary N) is 2. The highest BCUT2D eigenvalue weighted by molar-refractivity contribution is 6.24. The number of hydrogen-bond donors (Lipinski definition) is 3. The van der Waals surface area contributed by atoms with Gasteiger partial charge in [-0.1, -0.05) is 30.3 Å². The van der Waals surface area contributed by atoms with Crippen LogP contribution in [0.15, 0.2) is 48.7 Å². The average molecular weight is 306 g/mol. The Hall–Kier alpha value is -2.92. The number of hydrogen-bond acceptors (Lipinski definition) is 3. The van der Waals surface area contributed by atoms with Crippen molar-refractivity contribution in [3.05, 3.63) is 65.5 Å². The van der Waals surface area contributed by atoms with E-state index in [0.29, 0.717) is 12.1 Å². The molecule has 0 spiro atoms. The van der Waals surface area contributed by atoms with Crippen LogP contribution in [0.2, 0.25) is 0 Å². The normalized spacial score (nSPS) is 11.8. The van der Waals surface area contributed by atoms with Crippen LogP contribution in [0, 0.1) is 0 Å². The molecule has 4 N–H and O–H groups in total. The Kier molecular flexibility index (Phi) is 4.21. The fraction of sp³-hybridized carbons (Fsp3) is 0.111. The van der Waals surface area contributed by atoms with Crippen molar-refractivity contribution in [3.8, 4) is 0 Å². The van der Waals surface area contributed by atoms with Gasteiger partial charge in [-0.3, -0.25) is 4.79 Å². The molecule has 0 fully saturated rings. The van der Waals surface area contributed by atoms with Gasteiger partial charge in [0.2, 0.25) is 5.91 Å². The van der Waals surface area contributed by atoms with Gasteiger partial charge in [-0.2, -0.15) is 0 Å². The van der Waals surface area contributed by atoms with Gasteiger partial charge in [0, 0.05) is 29.3 Å². The molecule has 5 heteroatoms. The first-order chi connectivity index (χ1) is 11.2. The molecule has 116 valence electrons. The summed E-state index contributed by atoms with van der Waals surface area (Å²) < 4.78 is 0. The minimum atomic E-state index is -0.453.